The Balaban J connectivity index is 2.12. The summed E-state index contributed by atoms with van der Waals surface area (Å²) in [5, 5.41) is 2.81. The van der Waals surface area contributed by atoms with E-state index < -0.39 is 5.82 Å². The van der Waals surface area contributed by atoms with Crippen molar-refractivity contribution in [3.05, 3.63) is 58.7 Å². The second-order valence-electron chi connectivity index (χ2n) is 5.26. The van der Waals surface area contributed by atoms with Crippen molar-refractivity contribution in [3.8, 4) is 5.75 Å². The third-order valence-corrected chi connectivity index (χ3v) is 3.38. The maximum atomic E-state index is 13.6. The predicted octanol–water partition coefficient (Wildman–Crippen LogP) is 3.81. The zero-order valence-corrected chi connectivity index (χ0v) is 13.6. The molecule has 1 N–H and O–H groups in total. The van der Waals surface area contributed by atoms with Crippen molar-refractivity contribution in [2.45, 2.75) is 20.8 Å². The molecule has 120 valence electrons. The summed E-state index contributed by atoms with van der Waals surface area (Å²) in [6.07, 6.45) is 2.91. The highest BCUT2D eigenvalue weighted by atomic mass is 19.1. The molecule has 0 radical (unpaired) electrons. The molecule has 1 amide bonds. The monoisotopic (exact) mass is 314 g/mol. The van der Waals surface area contributed by atoms with E-state index in [9.17, 15) is 9.18 Å². The second-order valence-corrected chi connectivity index (χ2v) is 5.26. The molecule has 2 aromatic rings. The van der Waals surface area contributed by atoms with Crippen molar-refractivity contribution in [1.82, 2.24) is 4.98 Å². The number of aryl methyl sites for hydroxylation is 3. The number of carbonyl (C=O) groups is 1. The SMILES string of the molecule is COc1ccc(/C=C/C(=O)Nc2c(C)cc(C)nc2C)cc1F. The van der Waals surface area contributed by atoms with Crippen LogP contribution in [0.2, 0.25) is 0 Å². The Morgan fingerprint density at radius 3 is 2.61 bits per heavy atom. The highest BCUT2D eigenvalue weighted by Gasteiger charge is 2.07. The number of ether oxygens (including phenoxy) is 1. The Morgan fingerprint density at radius 2 is 2.00 bits per heavy atom. The van der Waals surface area contributed by atoms with Gasteiger partial charge in [0.1, 0.15) is 0 Å². The minimum atomic E-state index is -0.468. The number of amides is 1. The molecule has 1 aromatic carbocycles. The summed E-state index contributed by atoms with van der Waals surface area (Å²) < 4.78 is 18.5. The molecule has 0 aliphatic carbocycles. The summed E-state index contributed by atoms with van der Waals surface area (Å²) in [4.78, 5) is 16.4. The van der Waals surface area contributed by atoms with Gasteiger partial charge in [-0.25, -0.2) is 4.39 Å². The van der Waals surface area contributed by atoms with E-state index in [0.717, 1.165) is 17.0 Å². The van der Waals surface area contributed by atoms with Crippen molar-refractivity contribution >= 4 is 17.7 Å². The number of anilines is 1. The summed E-state index contributed by atoms with van der Waals surface area (Å²) in [5.74, 6) is -0.592. The zero-order valence-electron chi connectivity index (χ0n) is 13.6. The van der Waals surface area contributed by atoms with Crippen molar-refractivity contribution in [2.75, 3.05) is 12.4 Å². The van der Waals surface area contributed by atoms with Crippen LogP contribution in [0, 0.1) is 26.6 Å². The van der Waals surface area contributed by atoms with Gasteiger partial charge in [-0.1, -0.05) is 6.07 Å². The van der Waals surface area contributed by atoms with Gasteiger partial charge in [-0.3, -0.25) is 9.78 Å². The Labute approximate surface area is 135 Å². The summed E-state index contributed by atoms with van der Waals surface area (Å²) >= 11 is 0. The van der Waals surface area contributed by atoms with Crippen molar-refractivity contribution in [3.63, 3.8) is 0 Å². The first-order valence-electron chi connectivity index (χ1n) is 7.18. The van der Waals surface area contributed by atoms with Crippen LogP contribution in [0.5, 0.6) is 5.75 Å². The first kappa shape index (κ1) is 16.7. The molecule has 2 rings (SSSR count). The lowest BCUT2D eigenvalue weighted by Gasteiger charge is -2.10. The largest absolute Gasteiger partial charge is 0.494 e. The second kappa shape index (κ2) is 7.05. The maximum absolute atomic E-state index is 13.6. The summed E-state index contributed by atoms with van der Waals surface area (Å²) in [6, 6.07) is 6.42. The number of pyridine rings is 1. The highest BCUT2D eigenvalue weighted by molar-refractivity contribution is 6.02. The molecule has 23 heavy (non-hydrogen) atoms. The van der Waals surface area contributed by atoms with Crippen LogP contribution in [0.3, 0.4) is 0 Å². The third-order valence-electron chi connectivity index (χ3n) is 3.38. The maximum Gasteiger partial charge on any atom is 0.248 e. The van der Waals surface area contributed by atoms with Crippen molar-refractivity contribution < 1.29 is 13.9 Å². The van der Waals surface area contributed by atoms with E-state index in [1.54, 1.807) is 12.1 Å². The topological polar surface area (TPSA) is 51.2 Å². The average molecular weight is 314 g/mol. The Bertz CT molecular complexity index is 747. The fourth-order valence-corrected chi connectivity index (χ4v) is 2.34. The molecule has 4 nitrogen and oxygen atoms in total. The lowest BCUT2D eigenvalue weighted by atomic mass is 10.1. The van der Waals surface area contributed by atoms with Gasteiger partial charge in [0.15, 0.2) is 11.6 Å². The molecule has 1 aromatic heterocycles. The molecule has 0 saturated heterocycles. The van der Waals surface area contributed by atoms with Crippen LogP contribution in [-0.4, -0.2) is 18.0 Å². The van der Waals surface area contributed by atoms with E-state index in [1.165, 1.54) is 25.3 Å². The van der Waals surface area contributed by atoms with E-state index >= 15 is 0 Å². The smallest absolute Gasteiger partial charge is 0.248 e. The van der Waals surface area contributed by atoms with Crippen LogP contribution >= 0.6 is 0 Å². The minimum absolute atomic E-state index is 0.170. The Kier molecular flexibility index (Phi) is 5.11. The molecule has 0 bridgehead atoms. The number of nitrogens with one attached hydrogen (secondary N) is 1. The molecule has 0 unspecified atom stereocenters. The number of methoxy groups -OCH3 is 1. The van der Waals surface area contributed by atoms with Gasteiger partial charge in [-0.05, 0) is 56.2 Å². The van der Waals surface area contributed by atoms with Gasteiger partial charge < -0.3 is 10.1 Å². The van der Waals surface area contributed by atoms with Crippen LogP contribution in [0.15, 0.2) is 30.3 Å². The molecule has 1 heterocycles. The Morgan fingerprint density at radius 1 is 1.26 bits per heavy atom. The zero-order chi connectivity index (χ0) is 17.0. The number of hydrogen-bond acceptors (Lipinski definition) is 3. The normalized spacial score (nSPS) is 10.8. The highest BCUT2D eigenvalue weighted by Crippen LogP contribution is 2.20. The Hall–Kier alpha value is -2.69. The molecule has 5 heteroatoms. The van der Waals surface area contributed by atoms with Crippen LogP contribution in [0.25, 0.3) is 6.08 Å². The molecular weight excluding hydrogens is 295 g/mol. The van der Waals surface area contributed by atoms with E-state index in [1.807, 2.05) is 26.8 Å². The van der Waals surface area contributed by atoms with Crippen molar-refractivity contribution in [2.24, 2.45) is 0 Å². The fourth-order valence-electron chi connectivity index (χ4n) is 2.34. The average Bonchev–Trinajstić information content (AvgIpc) is 2.49. The lowest BCUT2D eigenvalue weighted by molar-refractivity contribution is -0.111. The molecule has 0 saturated carbocycles. The van der Waals surface area contributed by atoms with Crippen LogP contribution in [0.1, 0.15) is 22.5 Å². The van der Waals surface area contributed by atoms with Gasteiger partial charge in [-0.15, -0.1) is 0 Å². The van der Waals surface area contributed by atoms with Crippen molar-refractivity contribution in [1.29, 1.82) is 0 Å². The molecular formula is C18H19FN2O2. The van der Waals surface area contributed by atoms with Crippen LogP contribution < -0.4 is 10.1 Å². The number of aromatic nitrogens is 1. The summed E-state index contributed by atoms with van der Waals surface area (Å²) in [7, 11) is 1.40. The number of carbonyl (C=O) groups excluding carboxylic acids is 1. The van der Waals surface area contributed by atoms with E-state index in [-0.39, 0.29) is 11.7 Å². The number of rotatable bonds is 4. The van der Waals surface area contributed by atoms with Gasteiger partial charge >= 0.3 is 0 Å². The van der Waals surface area contributed by atoms with Gasteiger partial charge in [0.2, 0.25) is 5.91 Å². The predicted molar refractivity (Wildman–Crippen MR) is 89.1 cm³/mol. The van der Waals surface area contributed by atoms with Crippen LogP contribution in [0.4, 0.5) is 10.1 Å². The quantitative estimate of drug-likeness (QED) is 0.873. The lowest BCUT2D eigenvalue weighted by Crippen LogP contribution is -2.11. The van der Waals surface area contributed by atoms with Gasteiger partial charge in [0.05, 0.1) is 18.5 Å². The molecule has 0 aliphatic rings. The first-order valence-corrected chi connectivity index (χ1v) is 7.18. The molecule has 0 spiro atoms. The fraction of sp³-hybridized carbons (Fsp3) is 0.222. The molecule has 0 fully saturated rings. The summed E-state index contributed by atoms with van der Waals surface area (Å²) in [5.41, 5.74) is 3.90. The number of hydrogen-bond donors (Lipinski definition) is 1. The number of benzene rings is 1. The number of nitrogens with zero attached hydrogens (tertiary/aromatic N) is 1. The molecule has 0 aliphatic heterocycles. The van der Waals surface area contributed by atoms with E-state index in [2.05, 4.69) is 10.3 Å². The van der Waals surface area contributed by atoms with Gasteiger partial charge in [-0.2, -0.15) is 0 Å². The van der Waals surface area contributed by atoms with E-state index in [4.69, 9.17) is 4.74 Å². The summed E-state index contributed by atoms with van der Waals surface area (Å²) in [6.45, 7) is 5.67. The standard InChI is InChI=1S/C18H19FN2O2/c1-11-9-12(2)20-13(3)18(11)21-17(22)8-6-14-5-7-16(23-4)15(19)10-14/h5-10H,1-4H3,(H,21,22)/b8-6+. The van der Waals surface area contributed by atoms with Gasteiger partial charge in [0, 0.05) is 11.8 Å². The third kappa shape index (κ3) is 4.16. The first-order chi connectivity index (χ1) is 10.9. The molecule has 0 atom stereocenters. The van der Waals surface area contributed by atoms with Crippen LogP contribution in [-0.2, 0) is 4.79 Å². The van der Waals surface area contributed by atoms with E-state index in [0.29, 0.717) is 11.3 Å². The minimum Gasteiger partial charge on any atom is -0.494 e. The van der Waals surface area contributed by atoms with Gasteiger partial charge in [0.25, 0.3) is 0 Å². The number of halogens is 1.